The van der Waals surface area contributed by atoms with Crippen molar-refractivity contribution in [2.24, 2.45) is 4.99 Å². The molecule has 170 valence electrons. The average Bonchev–Trinajstić information content (AvgIpc) is 3.27. The van der Waals surface area contributed by atoms with Crippen LogP contribution in [0.2, 0.25) is 0 Å². The zero-order valence-corrected chi connectivity index (χ0v) is 18.9. The van der Waals surface area contributed by atoms with E-state index in [9.17, 15) is 10.1 Å². The standard InChI is InChI=1S/C24H26N6O3/c1-4-25-23-21-24(28-22(27-21)16(2)3)29(15-26-23)13-18-10-11-19(30(31)32)20(12-18)33-14-17-8-6-5-7-9-17/h5-12,15-16H,4,13-14H2,1-3H3,(H,27,28). The lowest BCUT2D eigenvalue weighted by Gasteiger charge is -2.11. The van der Waals surface area contributed by atoms with Crippen LogP contribution in [0, 0.1) is 10.1 Å². The fraction of sp³-hybridized carbons (Fsp3) is 0.292. The number of fused-ring (bicyclic) bond motifs is 1. The quantitative estimate of drug-likeness (QED) is 0.320. The first kappa shape index (κ1) is 22.2. The number of nitrogens with one attached hydrogen (secondary N) is 1. The maximum absolute atomic E-state index is 11.5. The number of hydrogen-bond acceptors (Lipinski definition) is 6. The minimum atomic E-state index is -0.430. The van der Waals surface area contributed by atoms with Crippen molar-refractivity contribution in [3.8, 4) is 5.75 Å². The molecule has 0 bridgehead atoms. The lowest BCUT2D eigenvalue weighted by Crippen LogP contribution is -2.15. The number of imidazole rings is 1. The normalized spacial score (nSPS) is 11.9. The van der Waals surface area contributed by atoms with Gasteiger partial charge in [0.1, 0.15) is 17.9 Å². The summed E-state index contributed by atoms with van der Waals surface area (Å²) in [6.07, 6.45) is 1.70. The summed E-state index contributed by atoms with van der Waals surface area (Å²) >= 11 is 0. The fourth-order valence-electron chi connectivity index (χ4n) is 3.50. The Hall–Kier alpha value is -4.01. The Morgan fingerprint density at radius 1 is 1.18 bits per heavy atom. The van der Waals surface area contributed by atoms with Crippen molar-refractivity contribution in [3.05, 3.63) is 87.4 Å². The van der Waals surface area contributed by atoms with Crippen molar-refractivity contribution in [3.63, 3.8) is 0 Å². The van der Waals surface area contributed by atoms with Gasteiger partial charge in [-0.05, 0) is 24.1 Å². The van der Waals surface area contributed by atoms with Crippen molar-refractivity contribution in [2.75, 3.05) is 6.54 Å². The Bertz CT molecular complexity index is 1340. The van der Waals surface area contributed by atoms with Gasteiger partial charge in [0.05, 0.1) is 17.8 Å². The number of aromatic amines is 1. The molecular formula is C24H26N6O3. The SMILES string of the molecule is CCN=c1ncn(Cc2ccc([N+](=O)[O-])c(OCc3ccccc3)c2)c2nc(C(C)C)[nH]c12. The first-order valence-corrected chi connectivity index (χ1v) is 10.9. The topological polar surface area (TPSA) is 111 Å². The molecule has 2 aromatic carbocycles. The summed E-state index contributed by atoms with van der Waals surface area (Å²) in [6.45, 7) is 7.39. The van der Waals surface area contributed by atoms with E-state index < -0.39 is 4.92 Å². The number of nitro benzene ring substituents is 1. The van der Waals surface area contributed by atoms with E-state index in [1.165, 1.54) is 6.07 Å². The number of benzene rings is 2. The largest absolute Gasteiger partial charge is 0.482 e. The molecule has 33 heavy (non-hydrogen) atoms. The second-order valence-corrected chi connectivity index (χ2v) is 7.98. The van der Waals surface area contributed by atoms with Gasteiger partial charge in [0.2, 0.25) is 0 Å². The molecule has 0 unspecified atom stereocenters. The van der Waals surface area contributed by atoms with Crippen molar-refractivity contribution < 1.29 is 9.66 Å². The van der Waals surface area contributed by atoms with E-state index in [1.807, 2.05) is 41.8 Å². The average molecular weight is 447 g/mol. The molecule has 0 aliphatic heterocycles. The van der Waals surface area contributed by atoms with Gasteiger partial charge in [-0.2, -0.15) is 0 Å². The second-order valence-electron chi connectivity index (χ2n) is 7.98. The molecule has 4 aromatic rings. The van der Waals surface area contributed by atoms with E-state index in [2.05, 4.69) is 28.8 Å². The molecule has 0 aliphatic rings. The Kier molecular flexibility index (Phi) is 6.48. The summed E-state index contributed by atoms with van der Waals surface area (Å²) in [6, 6.07) is 14.5. The Morgan fingerprint density at radius 2 is 1.97 bits per heavy atom. The first-order chi connectivity index (χ1) is 16.0. The third-order valence-electron chi connectivity index (χ3n) is 5.18. The lowest BCUT2D eigenvalue weighted by molar-refractivity contribution is -0.386. The van der Waals surface area contributed by atoms with E-state index in [-0.39, 0.29) is 24.0 Å². The van der Waals surface area contributed by atoms with E-state index in [4.69, 9.17) is 9.72 Å². The van der Waals surface area contributed by atoms with E-state index in [0.717, 1.165) is 28.1 Å². The van der Waals surface area contributed by atoms with Gasteiger partial charge in [0.25, 0.3) is 0 Å². The molecule has 4 rings (SSSR count). The number of rotatable bonds is 8. The third-order valence-corrected chi connectivity index (χ3v) is 5.18. The van der Waals surface area contributed by atoms with E-state index in [0.29, 0.717) is 18.6 Å². The van der Waals surface area contributed by atoms with Crippen LogP contribution < -0.4 is 10.2 Å². The first-order valence-electron chi connectivity index (χ1n) is 10.9. The minimum Gasteiger partial charge on any atom is -0.482 e. The molecule has 0 spiro atoms. The molecule has 0 aliphatic carbocycles. The molecule has 2 aromatic heterocycles. The lowest BCUT2D eigenvalue weighted by atomic mass is 10.2. The third kappa shape index (κ3) is 4.92. The highest BCUT2D eigenvalue weighted by atomic mass is 16.6. The summed E-state index contributed by atoms with van der Waals surface area (Å²) in [5, 5.41) is 11.5. The Morgan fingerprint density at radius 3 is 2.67 bits per heavy atom. The van der Waals surface area contributed by atoms with Crippen LogP contribution in [-0.4, -0.2) is 31.0 Å². The van der Waals surface area contributed by atoms with Crippen LogP contribution in [0.1, 0.15) is 43.6 Å². The van der Waals surface area contributed by atoms with E-state index in [1.54, 1.807) is 18.5 Å². The second kappa shape index (κ2) is 9.64. The Labute approximate surface area is 191 Å². The zero-order valence-electron chi connectivity index (χ0n) is 18.9. The molecule has 0 saturated carbocycles. The summed E-state index contributed by atoms with van der Waals surface area (Å²) in [7, 11) is 0. The molecule has 9 nitrogen and oxygen atoms in total. The maximum Gasteiger partial charge on any atom is 0.310 e. The van der Waals surface area contributed by atoms with Crippen molar-refractivity contribution in [2.45, 2.75) is 39.8 Å². The molecule has 0 radical (unpaired) electrons. The highest BCUT2D eigenvalue weighted by Crippen LogP contribution is 2.29. The minimum absolute atomic E-state index is 0.0677. The van der Waals surface area contributed by atoms with Crippen molar-refractivity contribution in [1.29, 1.82) is 0 Å². The summed E-state index contributed by atoms with van der Waals surface area (Å²) in [5.41, 5.74) is 3.86. The molecule has 0 atom stereocenters. The van der Waals surface area contributed by atoms with Gasteiger partial charge in [-0.25, -0.2) is 9.97 Å². The number of nitro groups is 1. The monoisotopic (exact) mass is 446 g/mol. The zero-order chi connectivity index (χ0) is 23.4. The number of hydrogen-bond donors (Lipinski definition) is 1. The summed E-state index contributed by atoms with van der Waals surface area (Å²) in [5.74, 6) is 1.31. The Balaban J connectivity index is 1.69. The van der Waals surface area contributed by atoms with Crippen LogP contribution in [0.4, 0.5) is 5.69 Å². The summed E-state index contributed by atoms with van der Waals surface area (Å²) in [4.78, 5) is 28.2. The fourth-order valence-corrected chi connectivity index (χ4v) is 3.50. The van der Waals surface area contributed by atoms with Gasteiger partial charge in [0, 0.05) is 18.5 Å². The van der Waals surface area contributed by atoms with Gasteiger partial charge in [-0.1, -0.05) is 50.2 Å². The molecule has 0 saturated heterocycles. The molecule has 9 heteroatoms. The molecule has 0 fully saturated rings. The predicted octanol–water partition coefficient (Wildman–Crippen LogP) is 4.34. The van der Waals surface area contributed by atoms with Gasteiger partial charge in [-0.15, -0.1) is 0 Å². The van der Waals surface area contributed by atoms with Gasteiger partial charge in [-0.3, -0.25) is 15.1 Å². The number of aromatic nitrogens is 4. The van der Waals surface area contributed by atoms with Crippen LogP contribution >= 0.6 is 0 Å². The molecule has 2 heterocycles. The van der Waals surface area contributed by atoms with Crippen LogP contribution in [-0.2, 0) is 13.2 Å². The predicted molar refractivity (Wildman–Crippen MR) is 125 cm³/mol. The number of nitrogens with zero attached hydrogens (tertiary/aromatic N) is 5. The van der Waals surface area contributed by atoms with Gasteiger partial charge in [0.15, 0.2) is 16.9 Å². The van der Waals surface area contributed by atoms with Crippen molar-refractivity contribution >= 4 is 16.9 Å². The van der Waals surface area contributed by atoms with Gasteiger partial charge >= 0.3 is 5.69 Å². The smallest absolute Gasteiger partial charge is 0.310 e. The van der Waals surface area contributed by atoms with E-state index >= 15 is 0 Å². The highest BCUT2D eigenvalue weighted by molar-refractivity contribution is 5.69. The van der Waals surface area contributed by atoms with Gasteiger partial charge < -0.3 is 14.3 Å². The maximum atomic E-state index is 11.5. The molecule has 0 amide bonds. The molecular weight excluding hydrogens is 420 g/mol. The number of ether oxygens (including phenoxy) is 1. The van der Waals surface area contributed by atoms with Crippen molar-refractivity contribution in [1.82, 2.24) is 19.5 Å². The van der Waals surface area contributed by atoms with Crippen LogP contribution in [0.25, 0.3) is 11.2 Å². The van der Waals surface area contributed by atoms with Crippen LogP contribution in [0.15, 0.2) is 59.9 Å². The van der Waals surface area contributed by atoms with Crippen LogP contribution in [0.5, 0.6) is 5.75 Å². The van der Waals surface area contributed by atoms with Crippen LogP contribution in [0.3, 0.4) is 0 Å². The summed E-state index contributed by atoms with van der Waals surface area (Å²) < 4.78 is 7.74. The number of H-pyrrole nitrogens is 1. The highest BCUT2D eigenvalue weighted by Gasteiger charge is 2.17. The molecule has 1 N–H and O–H groups in total.